The fourth-order valence-corrected chi connectivity index (χ4v) is 7.75. The molecule has 338 valence electrons. The quantitative estimate of drug-likeness (QED) is 0.0718. The number of anilines is 2. The first-order chi connectivity index (χ1) is 31.2. The van der Waals surface area contributed by atoms with E-state index in [9.17, 15) is 29.1 Å². The van der Waals surface area contributed by atoms with Gasteiger partial charge in [0.25, 0.3) is 11.8 Å². The lowest BCUT2D eigenvalue weighted by Gasteiger charge is -2.27. The summed E-state index contributed by atoms with van der Waals surface area (Å²) >= 11 is 0. The van der Waals surface area contributed by atoms with E-state index < -0.39 is 29.7 Å². The van der Waals surface area contributed by atoms with E-state index in [0.29, 0.717) is 70.9 Å². The maximum Gasteiger partial charge on any atom is 0.407 e. The molecule has 1 fully saturated rings. The van der Waals surface area contributed by atoms with Gasteiger partial charge in [0, 0.05) is 56.3 Å². The van der Waals surface area contributed by atoms with Crippen LogP contribution >= 0.6 is 0 Å². The number of nitrogens with one attached hydrogen (secondary N) is 2. The molecule has 0 radical (unpaired) electrons. The number of aryl methyl sites for hydroxylation is 4. The Balaban J connectivity index is 1.26. The summed E-state index contributed by atoms with van der Waals surface area (Å²) in [6.07, 6.45) is 4.05. The highest BCUT2D eigenvalue weighted by Gasteiger charge is 2.25. The Morgan fingerprint density at radius 3 is 1.78 bits per heavy atom. The van der Waals surface area contributed by atoms with E-state index in [-0.39, 0.29) is 66.7 Å². The van der Waals surface area contributed by atoms with E-state index in [1.165, 1.54) is 36.3 Å². The Morgan fingerprint density at radius 1 is 0.800 bits per heavy atom. The Kier molecular flexibility index (Phi) is 13.2. The monoisotopic (exact) mass is 887 g/mol. The van der Waals surface area contributed by atoms with Crippen LogP contribution in [-0.4, -0.2) is 105 Å². The minimum atomic E-state index is -0.992. The highest BCUT2D eigenvalue weighted by Crippen LogP contribution is 2.33. The van der Waals surface area contributed by atoms with Crippen LogP contribution in [0.1, 0.15) is 79.8 Å². The molecule has 6 aromatic rings. The lowest BCUT2D eigenvalue weighted by Crippen LogP contribution is -2.38. The zero-order chi connectivity index (χ0) is 46.5. The number of likely N-dealkylation sites (tertiary alicyclic amines) is 1. The van der Waals surface area contributed by atoms with Gasteiger partial charge in [0.2, 0.25) is 23.7 Å². The Morgan fingerprint density at radius 2 is 1.31 bits per heavy atom. The number of nitrogens with zero attached hydrogens (tertiary/aromatic N) is 9. The van der Waals surface area contributed by atoms with Crippen LogP contribution in [-0.2, 0) is 26.2 Å². The molecule has 5 heterocycles. The number of methoxy groups -OCH3 is 1. The van der Waals surface area contributed by atoms with Gasteiger partial charge in [0.15, 0.2) is 0 Å². The molecule has 21 heteroatoms. The summed E-state index contributed by atoms with van der Waals surface area (Å²) in [5, 5.41) is 24.1. The minimum Gasteiger partial charge on any atom is -0.494 e. The molecule has 1 atom stereocenters. The number of fused-ring (bicyclic) bond motifs is 2. The summed E-state index contributed by atoms with van der Waals surface area (Å²) in [6.45, 7) is 9.05. The highest BCUT2D eigenvalue weighted by atomic mass is 16.5. The van der Waals surface area contributed by atoms with Crippen LogP contribution in [0.15, 0.2) is 48.6 Å². The van der Waals surface area contributed by atoms with Gasteiger partial charge in [0.05, 0.1) is 29.5 Å². The smallest absolute Gasteiger partial charge is 0.407 e. The molecule has 4 aromatic heterocycles. The van der Waals surface area contributed by atoms with Crippen LogP contribution in [0.3, 0.4) is 0 Å². The average molecular weight is 888 g/mol. The molecule has 7 N–H and O–H groups in total. The Bertz CT molecular complexity index is 2950. The first kappa shape index (κ1) is 44.9. The number of primary amides is 2. The van der Waals surface area contributed by atoms with Gasteiger partial charge in [-0.2, -0.15) is 10.2 Å². The van der Waals surface area contributed by atoms with Gasteiger partial charge < -0.3 is 40.1 Å². The van der Waals surface area contributed by atoms with Crippen molar-refractivity contribution >= 4 is 63.7 Å². The van der Waals surface area contributed by atoms with E-state index in [4.69, 9.17) is 25.9 Å². The second-order valence-electron chi connectivity index (χ2n) is 15.2. The van der Waals surface area contributed by atoms with Crippen molar-refractivity contribution in [3.63, 3.8) is 0 Å². The van der Waals surface area contributed by atoms with Crippen molar-refractivity contribution in [2.24, 2.45) is 17.4 Å². The normalized spacial score (nSPS) is 13.8. The highest BCUT2D eigenvalue weighted by molar-refractivity contribution is 6.05. The number of allylic oxidation sites excluding steroid dienone is 2. The van der Waals surface area contributed by atoms with Crippen molar-refractivity contribution < 1.29 is 38.6 Å². The number of nitrogens with two attached hydrogens (primary N) is 2. The second-order valence-corrected chi connectivity index (χ2v) is 15.2. The third kappa shape index (κ3) is 9.61. The van der Waals surface area contributed by atoms with Crippen LogP contribution in [0.2, 0.25) is 0 Å². The number of hydrogen-bond acceptors (Lipinski definition) is 11. The van der Waals surface area contributed by atoms with Crippen molar-refractivity contribution in [2.45, 2.75) is 66.7 Å². The number of carbonyl (C=O) groups is 5. The van der Waals surface area contributed by atoms with E-state index in [2.05, 4.69) is 37.7 Å². The molecule has 1 unspecified atom stereocenters. The molecule has 0 spiro atoms. The average Bonchev–Trinajstić information content (AvgIpc) is 4.05. The molecule has 0 saturated carbocycles. The van der Waals surface area contributed by atoms with Crippen LogP contribution in [0.4, 0.5) is 16.7 Å². The summed E-state index contributed by atoms with van der Waals surface area (Å²) in [7, 11) is 1.44. The van der Waals surface area contributed by atoms with Gasteiger partial charge in [-0.1, -0.05) is 24.0 Å². The predicted octanol–water partition coefficient (Wildman–Crippen LogP) is 4.18. The lowest BCUT2D eigenvalue weighted by molar-refractivity contribution is 0.0991. The topological polar surface area (TPSA) is 275 Å². The first-order valence-corrected chi connectivity index (χ1v) is 20.9. The lowest BCUT2D eigenvalue weighted by atomic mass is 9.99. The maximum absolute atomic E-state index is 13.8. The number of aromatic nitrogens is 8. The summed E-state index contributed by atoms with van der Waals surface area (Å²) < 4.78 is 18.5. The molecule has 65 heavy (non-hydrogen) atoms. The predicted molar refractivity (Wildman–Crippen MR) is 239 cm³/mol. The summed E-state index contributed by atoms with van der Waals surface area (Å²) in [5.74, 6) is 4.35. The molecule has 1 saturated heterocycles. The van der Waals surface area contributed by atoms with Crippen molar-refractivity contribution in [3.8, 4) is 23.3 Å². The maximum atomic E-state index is 13.8. The number of amides is 5. The van der Waals surface area contributed by atoms with Gasteiger partial charge >= 0.3 is 6.09 Å². The molecule has 21 nitrogen and oxygen atoms in total. The number of ether oxygens (including phenoxy) is 2. The third-order valence-electron chi connectivity index (χ3n) is 10.8. The van der Waals surface area contributed by atoms with Crippen LogP contribution in [0, 0.1) is 31.6 Å². The number of hydrogen-bond donors (Lipinski definition) is 5. The zero-order valence-corrected chi connectivity index (χ0v) is 36.5. The van der Waals surface area contributed by atoms with Crippen LogP contribution in [0.5, 0.6) is 11.5 Å². The third-order valence-corrected chi connectivity index (χ3v) is 10.8. The summed E-state index contributed by atoms with van der Waals surface area (Å²) in [5.41, 5.74) is 15.1. The second kappa shape index (κ2) is 19.1. The van der Waals surface area contributed by atoms with Gasteiger partial charge in [-0.15, -0.1) is 0 Å². The molecule has 5 amide bonds. The zero-order valence-electron chi connectivity index (χ0n) is 36.5. The van der Waals surface area contributed by atoms with Crippen molar-refractivity contribution in [2.75, 3.05) is 37.4 Å². The van der Waals surface area contributed by atoms with Gasteiger partial charge in [0.1, 0.15) is 40.5 Å². The fourth-order valence-electron chi connectivity index (χ4n) is 7.75. The molecular weight excluding hydrogens is 839 g/mol. The SMILES string of the molecule is CCn1nc(C)cc1C(=O)Nc1nc2cc(C(N)=O)cc(OC)c2n1C/C=C/Cn1c(NC(=O)c2cc(C)nn2CC)nc2cc(C(N)=O)cc(OCC#CC3CCCN(C(=O)O)C3)c21. The number of carbonyl (C=O) groups excluding carboxylic acids is 4. The standard InChI is InChI=1S/C44H49N13O8/c1-6-56-32(18-25(3)51-56)40(60)49-42-47-30-20-28(38(45)58)22-34(64-5)36(30)54(42)15-8-9-16-55-37-31(48-43(55)50-41(61)33-19-26(4)52-57(33)7-2)21-29(39(46)59)23-35(37)65-17-11-13-27-12-10-14-53(24-27)44(62)63/h8-9,18-23,27H,6-7,10,12,14-17,24H2,1-5H3,(H2,45,58)(H2,46,59)(H,62,63)(H,47,49,60)(H,48,50,61)/b9-8+. The van der Waals surface area contributed by atoms with E-state index in [1.54, 1.807) is 56.6 Å². The molecule has 7 rings (SSSR count). The van der Waals surface area contributed by atoms with E-state index in [0.717, 1.165) is 6.42 Å². The molecular formula is C44H49N13O8. The van der Waals surface area contributed by atoms with Crippen molar-refractivity contribution in [1.82, 2.24) is 43.6 Å². The van der Waals surface area contributed by atoms with Crippen molar-refractivity contribution in [3.05, 3.63) is 82.5 Å². The Hall–Kier alpha value is -8.15. The van der Waals surface area contributed by atoms with E-state index >= 15 is 0 Å². The molecule has 0 aliphatic carbocycles. The van der Waals surface area contributed by atoms with Crippen LogP contribution < -0.4 is 31.6 Å². The minimum absolute atomic E-state index is 0.0927. The first-order valence-electron chi connectivity index (χ1n) is 20.9. The molecule has 2 aromatic carbocycles. The Labute approximate surface area is 372 Å². The number of rotatable bonds is 15. The molecule has 0 bridgehead atoms. The number of piperidine rings is 1. The van der Waals surface area contributed by atoms with E-state index in [1.807, 2.05) is 13.8 Å². The van der Waals surface area contributed by atoms with Gasteiger partial charge in [-0.05, 0) is 76.9 Å². The summed E-state index contributed by atoms with van der Waals surface area (Å²) in [4.78, 5) is 74.6. The van der Waals surface area contributed by atoms with Crippen molar-refractivity contribution in [1.29, 1.82) is 0 Å². The van der Waals surface area contributed by atoms with Crippen LogP contribution in [0.25, 0.3) is 22.1 Å². The number of carboxylic acid groups (broad SMARTS) is 1. The summed E-state index contributed by atoms with van der Waals surface area (Å²) in [6, 6.07) is 9.33. The molecule has 1 aliphatic heterocycles. The van der Waals surface area contributed by atoms with Gasteiger partial charge in [-0.3, -0.25) is 39.2 Å². The largest absolute Gasteiger partial charge is 0.494 e. The number of benzene rings is 2. The number of imidazole rings is 2. The fraction of sp³-hybridized carbons (Fsp3) is 0.341. The molecule has 1 aliphatic rings. The van der Waals surface area contributed by atoms with Gasteiger partial charge in [-0.25, -0.2) is 14.8 Å².